The first-order chi connectivity index (χ1) is 15.5. The van der Waals surface area contributed by atoms with Crippen molar-refractivity contribution in [3.05, 3.63) is 24.3 Å². The van der Waals surface area contributed by atoms with E-state index in [0.29, 0.717) is 19.4 Å². The van der Waals surface area contributed by atoms with Gasteiger partial charge in [-0.1, -0.05) is 38.2 Å². The van der Waals surface area contributed by atoms with Crippen LogP contribution in [0.3, 0.4) is 0 Å². The maximum absolute atomic E-state index is 14.1. The summed E-state index contributed by atoms with van der Waals surface area (Å²) in [6, 6.07) is -1.51. The molecule has 33 heavy (non-hydrogen) atoms. The highest BCUT2D eigenvalue weighted by Gasteiger charge is 2.72. The Bertz CT molecular complexity index is 875. The zero-order valence-corrected chi connectivity index (χ0v) is 20.2. The number of cyclic esters (lactones) is 1. The van der Waals surface area contributed by atoms with E-state index in [9.17, 15) is 19.5 Å². The molecule has 1 spiro atoms. The number of carbonyl (C=O) groups is 3. The Hall–Kier alpha value is -2.19. The van der Waals surface area contributed by atoms with Gasteiger partial charge in [-0.3, -0.25) is 14.4 Å². The Kier molecular flexibility index (Phi) is 6.20. The molecule has 6 atom stereocenters. The summed E-state index contributed by atoms with van der Waals surface area (Å²) in [6.07, 6.45) is 7.89. The van der Waals surface area contributed by atoms with E-state index in [0.717, 1.165) is 0 Å². The van der Waals surface area contributed by atoms with Gasteiger partial charge < -0.3 is 24.4 Å². The average molecular weight is 461 g/mol. The van der Waals surface area contributed by atoms with Crippen molar-refractivity contribution in [1.82, 2.24) is 9.80 Å². The summed E-state index contributed by atoms with van der Waals surface area (Å²) in [5, 5.41) is 10.3. The number of rotatable bonds is 4. The maximum atomic E-state index is 14.1. The number of hydrogen-bond acceptors (Lipinski definition) is 6. The molecule has 0 aromatic heterocycles. The highest BCUT2D eigenvalue weighted by Crippen LogP contribution is 2.54. The quantitative estimate of drug-likeness (QED) is 0.507. The zero-order valence-electron chi connectivity index (χ0n) is 20.2. The normalized spacial score (nSPS) is 35.1. The van der Waals surface area contributed by atoms with Crippen molar-refractivity contribution in [1.29, 1.82) is 0 Å². The maximum Gasteiger partial charge on any atom is 0.312 e. The molecule has 4 rings (SSSR count). The number of nitrogens with zero attached hydrogens (tertiary/aromatic N) is 2. The van der Waals surface area contributed by atoms with Crippen molar-refractivity contribution < 1.29 is 29.0 Å². The van der Waals surface area contributed by atoms with Crippen LogP contribution in [0.5, 0.6) is 0 Å². The van der Waals surface area contributed by atoms with Gasteiger partial charge in [-0.2, -0.15) is 0 Å². The van der Waals surface area contributed by atoms with E-state index < -0.39 is 47.1 Å². The fourth-order valence-corrected chi connectivity index (χ4v) is 5.86. The van der Waals surface area contributed by atoms with E-state index in [1.165, 1.54) is 4.90 Å². The molecule has 0 radical (unpaired) electrons. The van der Waals surface area contributed by atoms with Crippen LogP contribution in [0.2, 0.25) is 0 Å². The summed E-state index contributed by atoms with van der Waals surface area (Å²) in [7, 11) is 0. The van der Waals surface area contributed by atoms with Gasteiger partial charge in [0.1, 0.15) is 17.6 Å². The number of fused-ring (bicyclic) bond motifs is 2. The summed E-state index contributed by atoms with van der Waals surface area (Å²) in [5.74, 6) is -2.54. The van der Waals surface area contributed by atoms with Gasteiger partial charge in [-0.05, 0) is 39.5 Å². The van der Waals surface area contributed by atoms with Crippen LogP contribution in [0.1, 0.15) is 47.5 Å². The van der Waals surface area contributed by atoms with Gasteiger partial charge >= 0.3 is 5.97 Å². The smallest absolute Gasteiger partial charge is 0.312 e. The minimum atomic E-state index is -1.29. The number of carbonyl (C=O) groups excluding carboxylic acids is 3. The lowest BCUT2D eigenvalue weighted by molar-refractivity contribution is -0.157. The number of esters is 1. The summed E-state index contributed by atoms with van der Waals surface area (Å²) in [4.78, 5) is 44.4. The molecule has 0 bridgehead atoms. The summed E-state index contributed by atoms with van der Waals surface area (Å²) in [5.41, 5.74) is -1.77. The van der Waals surface area contributed by atoms with Crippen LogP contribution in [0.25, 0.3) is 0 Å². The van der Waals surface area contributed by atoms with Crippen LogP contribution in [0.15, 0.2) is 24.3 Å². The molecule has 8 nitrogen and oxygen atoms in total. The Morgan fingerprint density at radius 1 is 1.18 bits per heavy atom. The number of aliphatic hydroxyl groups excluding tert-OH is 1. The van der Waals surface area contributed by atoms with Crippen molar-refractivity contribution >= 4 is 17.8 Å². The molecule has 4 aliphatic heterocycles. The second-order valence-electron chi connectivity index (χ2n) is 11.0. The molecule has 2 amide bonds. The number of hydrogen-bond donors (Lipinski definition) is 1. The molecule has 0 saturated carbocycles. The molecule has 0 aliphatic carbocycles. The van der Waals surface area contributed by atoms with E-state index in [4.69, 9.17) is 9.47 Å². The highest BCUT2D eigenvalue weighted by molar-refractivity contribution is 5.99. The highest BCUT2D eigenvalue weighted by atomic mass is 16.6. The SMILES string of the molecule is CC(C)C[C@H](CO)N1C(=O)[C@@H]2[C@H]3C(=O)OCCC=C[C@H]3O[C@@]23C=CCN(C(C)(C)C)C(=O)C13. The number of amides is 2. The second kappa shape index (κ2) is 8.55. The van der Waals surface area contributed by atoms with Crippen molar-refractivity contribution in [2.75, 3.05) is 19.8 Å². The minimum absolute atomic E-state index is 0.199. The van der Waals surface area contributed by atoms with Gasteiger partial charge in [0.05, 0.1) is 31.3 Å². The van der Waals surface area contributed by atoms with E-state index >= 15 is 0 Å². The first-order valence-corrected chi connectivity index (χ1v) is 12.0. The standard InChI is InChI=1S/C25H36N2O6/c1-15(2)13-16(14-28)27-20-22(30)26(24(3,4)5)11-8-10-25(20)19(21(27)29)18-17(33-25)9-6-7-12-32-23(18)31/h6,8-10,15-20,28H,7,11-14H2,1-5H3/t16-,17-,18+,19+,20?,25+/m1/s1. The zero-order chi connectivity index (χ0) is 24.1. The molecule has 4 heterocycles. The predicted octanol–water partition coefficient (Wildman–Crippen LogP) is 1.67. The first kappa shape index (κ1) is 24.0. The third kappa shape index (κ3) is 3.81. The molecule has 1 N–H and O–H groups in total. The molecule has 4 aliphatic rings. The summed E-state index contributed by atoms with van der Waals surface area (Å²) in [6.45, 7) is 10.2. The number of likely N-dealkylation sites (tertiary alicyclic amines) is 1. The van der Waals surface area contributed by atoms with Crippen molar-refractivity contribution in [3.63, 3.8) is 0 Å². The Morgan fingerprint density at radius 3 is 2.55 bits per heavy atom. The van der Waals surface area contributed by atoms with Crippen LogP contribution >= 0.6 is 0 Å². The van der Waals surface area contributed by atoms with Crippen LogP contribution in [0, 0.1) is 17.8 Å². The first-order valence-electron chi connectivity index (χ1n) is 12.0. The largest absolute Gasteiger partial charge is 0.465 e. The monoisotopic (exact) mass is 460 g/mol. The Balaban J connectivity index is 1.87. The second-order valence-corrected chi connectivity index (χ2v) is 11.0. The summed E-state index contributed by atoms with van der Waals surface area (Å²) >= 11 is 0. The average Bonchev–Trinajstić information content (AvgIpc) is 3.09. The lowest BCUT2D eigenvalue weighted by atomic mass is 9.77. The van der Waals surface area contributed by atoms with E-state index in [1.807, 2.05) is 58.9 Å². The van der Waals surface area contributed by atoms with Gasteiger partial charge in [-0.15, -0.1) is 0 Å². The van der Waals surface area contributed by atoms with Crippen molar-refractivity contribution in [2.45, 2.75) is 76.8 Å². The van der Waals surface area contributed by atoms with Crippen molar-refractivity contribution in [2.24, 2.45) is 17.8 Å². The molecule has 8 heteroatoms. The van der Waals surface area contributed by atoms with Gasteiger partial charge in [0, 0.05) is 12.1 Å². The van der Waals surface area contributed by atoms with E-state index in [-0.39, 0.29) is 30.9 Å². The molecule has 0 aromatic carbocycles. The lowest BCUT2D eigenvalue weighted by Crippen LogP contribution is -2.60. The minimum Gasteiger partial charge on any atom is -0.465 e. The van der Waals surface area contributed by atoms with Crippen LogP contribution in [-0.4, -0.2) is 81.8 Å². The number of ether oxygens (including phenoxy) is 2. The van der Waals surface area contributed by atoms with Crippen molar-refractivity contribution in [3.8, 4) is 0 Å². The molecular weight excluding hydrogens is 424 g/mol. The lowest BCUT2D eigenvalue weighted by Gasteiger charge is -2.42. The number of aliphatic hydroxyl groups is 1. The topological polar surface area (TPSA) is 96.4 Å². The van der Waals surface area contributed by atoms with Gasteiger partial charge in [-0.25, -0.2) is 0 Å². The fourth-order valence-electron chi connectivity index (χ4n) is 5.86. The molecular formula is C25H36N2O6. The molecule has 1 unspecified atom stereocenters. The van der Waals surface area contributed by atoms with Crippen LogP contribution in [-0.2, 0) is 23.9 Å². The van der Waals surface area contributed by atoms with Gasteiger partial charge in [0.25, 0.3) is 0 Å². The Labute approximate surface area is 195 Å². The molecule has 2 saturated heterocycles. The fraction of sp³-hybridized carbons (Fsp3) is 0.720. The van der Waals surface area contributed by atoms with Crippen LogP contribution < -0.4 is 0 Å². The molecule has 2 fully saturated rings. The van der Waals surface area contributed by atoms with Gasteiger partial charge in [0.15, 0.2) is 0 Å². The molecule has 182 valence electrons. The Morgan fingerprint density at radius 2 is 1.91 bits per heavy atom. The molecule has 0 aromatic rings. The van der Waals surface area contributed by atoms with E-state index in [2.05, 4.69) is 0 Å². The van der Waals surface area contributed by atoms with Gasteiger partial charge in [0.2, 0.25) is 11.8 Å². The third-order valence-corrected chi connectivity index (χ3v) is 7.22. The predicted molar refractivity (Wildman–Crippen MR) is 121 cm³/mol. The van der Waals surface area contributed by atoms with Crippen LogP contribution in [0.4, 0.5) is 0 Å². The summed E-state index contributed by atoms with van der Waals surface area (Å²) < 4.78 is 12.0. The van der Waals surface area contributed by atoms with E-state index in [1.54, 1.807) is 4.90 Å². The third-order valence-electron chi connectivity index (χ3n) is 7.22.